The van der Waals surface area contributed by atoms with Crippen molar-refractivity contribution in [3.8, 4) is 5.75 Å². The molecule has 21 heavy (non-hydrogen) atoms. The van der Waals surface area contributed by atoms with Gasteiger partial charge in [0.05, 0.1) is 12.7 Å². The zero-order valence-corrected chi connectivity index (χ0v) is 12.8. The fourth-order valence-electron chi connectivity index (χ4n) is 2.81. The second-order valence-electron chi connectivity index (χ2n) is 5.61. The van der Waals surface area contributed by atoms with E-state index in [1.807, 2.05) is 0 Å². The van der Waals surface area contributed by atoms with E-state index < -0.39 is 10.0 Å². The molecule has 1 fully saturated rings. The first-order valence-electron chi connectivity index (χ1n) is 7.10. The monoisotopic (exact) mass is 312 g/mol. The van der Waals surface area contributed by atoms with Crippen molar-refractivity contribution >= 4 is 15.7 Å². The van der Waals surface area contributed by atoms with Crippen LogP contribution in [-0.2, 0) is 21.2 Å². The Hall–Kier alpha value is -1.31. The van der Waals surface area contributed by atoms with Crippen LogP contribution in [-0.4, -0.2) is 34.3 Å². The fourth-order valence-corrected chi connectivity index (χ4v) is 4.29. The van der Waals surface area contributed by atoms with Gasteiger partial charge in [0.2, 0.25) is 10.0 Å². The number of sulfonamides is 1. The van der Waals surface area contributed by atoms with Gasteiger partial charge < -0.3 is 15.2 Å². The molecule has 0 atom stereocenters. The minimum atomic E-state index is -3.63. The van der Waals surface area contributed by atoms with E-state index in [1.54, 1.807) is 13.2 Å². The van der Waals surface area contributed by atoms with Crippen molar-refractivity contribution in [1.82, 2.24) is 4.72 Å². The van der Waals surface area contributed by atoms with E-state index in [0.29, 0.717) is 30.9 Å². The predicted molar refractivity (Wildman–Crippen MR) is 78.8 cm³/mol. The van der Waals surface area contributed by atoms with Crippen LogP contribution in [0.15, 0.2) is 17.0 Å². The molecule has 0 aromatic heterocycles. The smallest absolute Gasteiger partial charge is 0.244 e. The number of fused-ring (bicyclic) bond motifs is 1. The zero-order chi connectivity index (χ0) is 15.0. The molecule has 0 unspecified atom stereocenters. The molecule has 6 nitrogen and oxygen atoms in total. The van der Waals surface area contributed by atoms with Crippen molar-refractivity contribution in [2.24, 2.45) is 0 Å². The Labute approximate surface area is 124 Å². The molecule has 1 aromatic carbocycles. The van der Waals surface area contributed by atoms with Gasteiger partial charge in [-0.15, -0.1) is 0 Å². The van der Waals surface area contributed by atoms with Crippen LogP contribution in [0.1, 0.15) is 24.8 Å². The number of nitrogens with two attached hydrogens (primary N) is 1. The summed E-state index contributed by atoms with van der Waals surface area (Å²) in [5.74, 6) is 0.450. The van der Waals surface area contributed by atoms with E-state index in [4.69, 9.17) is 15.2 Å². The van der Waals surface area contributed by atoms with Gasteiger partial charge in [-0.1, -0.05) is 0 Å². The number of hydrogen-bond acceptors (Lipinski definition) is 5. The number of methoxy groups -OCH3 is 1. The van der Waals surface area contributed by atoms with Gasteiger partial charge in [0.1, 0.15) is 10.6 Å². The summed E-state index contributed by atoms with van der Waals surface area (Å²) in [6, 6.07) is 3.18. The molecule has 1 aliphatic carbocycles. The third kappa shape index (κ3) is 2.86. The lowest BCUT2D eigenvalue weighted by Crippen LogP contribution is -2.47. The molecule has 1 saturated carbocycles. The summed E-state index contributed by atoms with van der Waals surface area (Å²) >= 11 is 0. The lowest BCUT2D eigenvalue weighted by Gasteiger charge is -2.34. The molecular formula is C14H20N2O4S. The summed E-state index contributed by atoms with van der Waals surface area (Å²) in [5, 5.41) is 0. The third-order valence-corrected chi connectivity index (χ3v) is 5.56. The van der Waals surface area contributed by atoms with E-state index in [1.165, 1.54) is 6.07 Å². The van der Waals surface area contributed by atoms with Gasteiger partial charge in [-0.05, 0) is 43.4 Å². The Morgan fingerprint density at radius 1 is 1.38 bits per heavy atom. The van der Waals surface area contributed by atoms with Crippen LogP contribution in [0.5, 0.6) is 5.75 Å². The second-order valence-corrected chi connectivity index (χ2v) is 7.29. The maximum atomic E-state index is 12.6. The topological polar surface area (TPSA) is 90.7 Å². The second kappa shape index (κ2) is 5.47. The van der Waals surface area contributed by atoms with E-state index in [0.717, 1.165) is 18.4 Å². The summed E-state index contributed by atoms with van der Waals surface area (Å²) in [4.78, 5) is 0.151. The van der Waals surface area contributed by atoms with Crippen molar-refractivity contribution in [1.29, 1.82) is 0 Å². The Morgan fingerprint density at radius 2 is 2.14 bits per heavy atom. The van der Waals surface area contributed by atoms with Gasteiger partial charge in [0, 0.05) is 18.8 Å². The number of aryl methyl sites for hydroxylation is 1. The summed E-state index contributed by atoms with van der Waals surface area (Å²) in [6.45, 7) is 0.536. The summed E-state index contributed by atoms with van der Waals surface area (Å²) in [5.41, 5.74) is 7.15. The molecule has 0 radical (unpaired) electrons. The highest BCUT2D eigenvalue weighted by molar-refractivity contribution is 7.89. The van der Waals surface area contributed by atoms with Gasteiger partial charge >= 0.3 is 0 Å². The third-order valence-electron chi connectivity index (χ3n) is 4.03. The van der Waals surface area contributed by atoms with Crippen molar-refractivity contribution in [3.63, 3.8) is 0 Å². The van der Waals surface area contributed by atoms with E-state index in [-0.39, 0.29) is 17.0 Å². The molecule has 116 valence electrons. The van der Waals surface area contributed by atoms with Crippen molar-refractivity contribution in [3.05, 3.63) is 17.7 Å². The van der Waals surface area contributed by atoms with Gasteiger partial charge in [0.25, 0.3) is 0 Å². The molecule has 0 spiro atoms. The van der Waals surface area contributed by atoms with Crippen LogP contribution in [0.25, 0.3) is 0 Å². The quantitative estimate of drug-likeness (QED) is 0.811. The average Bonchev–Trinajstić information content (AvgIpc) is 2.41. The average molecular weight is 312 g/mol. The Bertz CT molecular complexity index is 639. The normalized spacial score (nSPS) is 24.8. The number of ether oxygens (including phenoxy) is 2. The summed E-state index contributed by atoms with van der Waals surface area (Å²) in [7, 11) is -1.99. The van der Waals surface area contributed by atoms with Crippen LogP contribution in [0.4, 0.5) is 5.69 Å². The number of nitrogen functional groups attached to an aromatic ring is 1. The van der Waals surface area contributed by atoms with Crippen LogP contribution in [0.3, 0.4) is 0 Å². The fraction of sp³-hybridized carbons (Fsp3) is 0.571. The lowest BCUT2D eigenvalue weighted by atomic mass is 9.90. The minimum Gasteiger partial charge on any atom is -0.492 e. The molecule has 0 amide bonds. The van der Waals surface area contributed by atoms with Gasteiger partial charge in [-0.25, -0.2) is 13.1 Å². The molecule has 1 heterocycles. The zero-order valence-electron chi connectivity index (χ0n) is 12.0. The summed E-state index contributed by atoms with van der Waals surface area (Å²) < 4.78 is 38.6. The van der Waals surface area contributed by atoms with Crippen molar-refractivity contribution in [2.45, 2.75) is 42.7 Å². The van der Waals surface area contributed by atoms with Crippen LogP contribution in [0.2, 0.25) is 0 Å². The lowest BCUT2D eigenvalue weighted by molar-refractivity contribution is 0.0236. The van der Waals surface area contributed by atoms with Crippen LogP contribution < -0.4 is 15.2 Å². The maximum Gasteiger partial charge on any atom is 0.244 e. The summed E-state index contributed by atoms with van der Waals surface area (Å²) in [6.07, 6.45) is 3.20. The van der Waals surface area contributed by atoms with E-state index in [2.05, 4.69) is 4.72 Å². The number of hydrogen-bond donors (Lipinski definition) is 2. The van der Waals surface area contributed by atoms with E-state index >= 15 is 0 Å². The number of nitrogens with one attached hydrogen (secondary N) is 1. The maximum absolute atomic E-state index is 12.6. The van der Waals surface area contributed by atoms with Crippen molar-refractivity contribution < 1.29 is 17.9 Å². The van der Waals surface area contributed by atoms with Gasteiger partial charge in [-0.2, -0.15) is 0 Å². The molecule has 3 rings (SSSR count). The number of benzene rings is 1. The standard InChI is InChI=1S/C14H20N2O4S/c1-19-12-7-11(8-12)16-21(17,18)13-6-10(15)5-9-3-2-4-20-14(9)13/h5-6,11-12,16H,2-4,7-8,15H2,1H3. The first-order valence-corrected chi connectivity index (χ1v) is 8.58. The number of rotatable bonds is 4. The first kappa shape index (κ1) is 14.6. The van der Waals surface area contributed by atoms with E-state index in [9.17, 15) is 8.42 Å². The van der Waals surface area contributed by atoms with Gasteiger partial charge in [-0.3, -0.25) is 0 Å². The van der Waals surface area contributed by atoms with Crippen molar-refractivity contribution in [2.75, 3.05) is 19.5 Å². The minimum absolute atomic E-state index is 0.0828. The largest absolute Gasteiger partial charge is 0.492 e. The molecular weight excluding hydrogens is 292 g/mol. The van der Waals surface area contributed by atoms with Crippen LogP contribution >= 0.6 is 0 Å². The highest BCUT2D eigenvalue weighted by atomic mass is 32.2. The Morgan fingerprint density at radius 3 is 2.86 bits per heavy atom. The first-order chi connectivity index (χ1) is 9.99. The molecule has 0 saturated heterocycles. The van der Waals surface area contributed by atoms with Gasteiger partial charge in [0.15, 0.2) is 0 Å². The molecule has 3 N–H and O–H groups in total. The van der Waals surface area contributed by atoms with Crippen LogP contribution in [0, 0.1) is 0 Å². The number of anilines is 1. The molecule has 2 aliphatic rings. The SMILES string of the molecule is COC1CC(NS(=O)(=O)c2cc(N)cc3c2OCCC3)C1. The molecule has 0 bridgehead atoms. The Balaban J connectivity index is 1.87. The molecule has 7 heteroatoms. The molecule has 1 aliphatic heterocycles. The predicted octanol–water partition coefficient (Wildman–Crippen LogP) is 1.05. The molecule has 1 aromatic rings. The highest BCUT2D eigenvalue weighted by Crippen LogP contribution is 2.35. The highest BCUT2D eigenvalue weighted by Gasteiger charge is 2.34. The Kier molecular flexibility index (Phi) is 3.81.